The zero-order chi connectivity index (χ0) is 20.2. The van der Waals surface area contributed by atoms with Gasteiger partial charge in [0.15, 0.2) is 11.0 Å². The van der Waals surface area contributed by atoms with Crippen LogP contribution in [0.2, 0.25) is 0 Å². The number of hydrogen-bond acceptors (Lipinski definition) is 8. The van der Waals surface area contributed by atoms with E-state index in [1.807, 2.05) is 54.1 Å². The Labute approximate surface area is 171 Å². The topological polar surface area (TPSA) is 88.1 Å². The van der Waals surface area contributed by atoms with Crippen LogP contribution < -0.4 is 9.47 Å². The molecule has 0 radical (unpaired) electrons. The molecule has 0 atom stereocenters. The van der Waals surface area contributed by atoms with Gasteiger partial charge in [0.2, 0.25) is 11.7 Å². The Morgan fingerprint density at radius 2 is 1.86 bits per heavy atom. The third kappa shape index (κ3) is 3.95. The molecule has 0 unspecified atom stereocenters. The first-order chi connectivity index (χ1) is 14.2. The lowest BCUT2D eigenvalue weighted by Crippen LogP contribution is -1.95. The lowest BCUT2D eigenvalue weighted by molar-refractivity contribution is 0.388. The van der Waals surface area contributed by atoms with Gasteiger partial charge in [-0.1, -0.05) is 47.3 Å². The van der Waals surface area contributed by atoms with Gasteiger partial charge >= 0.3 is 0 Å². The van der Waals surface area contributed by atoms with Crippen LogP contribution in [0.25, 0.3) is 22.8 Å². The van der Waals surface area contributed by atoms with E-state index in [1.54, 1.807) is 20.3 Å². The molecule has 2 aromatic heterocycles. The molecule has 0 aliphatic carbocycles. The molecule has 0 saturated carbocycles. The molecule has 0 N–H and O–H groups in total. The summed E-state index contributed by atoms with van der Waals surface area (Å²) >= 11 is 1.48. The number of aromatic nitrogens is 5. The van der Waals surface area contributed by atoms with Gasteiger partial charge in [-0.3, -0.25) is 0 Å². The first kappa shape index (κ1) is 19.0. The summed E-state index contributed by atoms with van der Waals surface area (Å²) in [6.07, 6.45) is 0. The Kier molecular flexibility index (Phi) is 5.48. The maximum Gasteiger partial charge on any atom is 0.237 e. The van der Waals surface area contributed by atoms with E-state index in [1.165, 1.54) is 11.8 Å². The van der Waals surface area contributed by atoms with Crippen molar-refractivity contribution < 1.29 is 14.0 Å². The van der Waals surface area contributed by atoms with Crippen LogP contribution in [-0.4, -0.2) is 39.1 Å². The van der Waals surface area contributed by atoms with Gasteiger partial charge in [-0.2, -0.15) is 4.98 Å². The number of nitrogens with zero attached hydrogens (tertiary/aromatic N) is 5. The summed E-state index contributed by atoms with van der Waals surface area (Å²) < 4.78 is 18.0. The lowest BCUT2D eigenvalue weighted by atomic mass is 10.2. The summed E-state index contributed by atoms with van der Waals surface area (Å²) in [6.45, 7) is 0. The molecule has 0 fully saturated rings. The molecule has 9 heteroatoms. The summed E-state index contributed by atoms with van der Waals surface area (Å²) in [4.78, 5) is 4.48. The van der Waals surface area contributed by atoms with E-state index >= 15 is 0 Å². The normalized spacial score (nSPS) is 10.9. The number of thioether (sulfide) groups is 1. The van der Waals surface area contributed by atoms with Gasteiger partial charge in [-0.15, -0.1) is 10.2 Å². The number of ether oxygens (including phenoxy) is 2. The number of benzene rings is 2. The van der Waals surface area contributed by atoms with Crippen molar-refractivity contribution in [2.45, 2.75) is 10.9 Å². The van der Waals surface area contributed by atoms with Gasteiger partial charge in [0, 0.05) is 18.7 Å². The molecular weight excluding hydrogens is 390 g/mol. The van der Waals surface area contributed by atoms with Crippen molar-refractivity contribution in [2.24, 2.45) is 7.05 Å². The Balaban J connectivity index is 1.49. The van der Waals surface area contributed by atoms with Crippen molar-refractivity contribution in [1.82, 2.24) is 24.9 Å². The van der Waals surface area contributed by atoms with Crippen LogP contribution in [0.4, 0.5) is 0 Å². The van der Waals surface area contributed by atoms with Crippen molar-refractivity contribution in [1.29, 1.82) is 0 Å². The van der Waals surface area contributed by atoms with Crippen molar-refractivity contribution in [3.8, 4) is 34.3 Å². The summed E-state index contributed by atoms with van der Waals surface area (Å²) in [7, 11) is 5.13. The lowest BCUT2D eigenvalue weighted by Gasteiger charge is -2.07. The van der Waals surface area contributed by atoms with Crippen LogP contribution in [-0.2, 0) is 12.8 Å². The fraction of sp³-hybridized carbons (Fsp3) is 0.200. The van der Waals surface area contributed by atoms with E-state index in [-0.39, 0.29) is 0 Å². The molecule has 2 heterocycles. The number of hydrogen-bond donors (Lipinski definition) is 0. The van der Waals surface area contributed by atoms with Gasteiger partial charge in [-0.25, -0.2) is 0 Å². The number of rotatable bonds is 7. The monoisotopic (exact) mass is 409 g/mol. The van der Waals surface area contributed by atoms with Crippen molar-refractivity contribution >= 4 is 11.8 Å². The highest BCUT2D eigenvalue weighted by atomic mass is 32.2. The van der Waals surface area contributed by atoms with Crippen molar-refractivity contribution in [3.05, 3.63) is 54.4 Å². The van der Waals surface area contributed by atoms with Gasteiger partial charge < -0.3 is 18.6 Å². The highest BCUT2D eigenvalue weighted by Gasteiger charge is 2.16. The third-order valence-corrected chi connectivity index (χ3v) is 5.31. The molecule has 0 aliphatic rings. The highest BCUT2D eigenvalue weighted by molar-refractivity contribution is 7.98. The largest absolute Gasteiger partial charge is 0.497 e. The molecule has 0 bridgehead atoms. The summed E-state index contributed by atoms with van der Waals surface area (Å²) in [6, 6.07) is 15.4. The average Bonchev–Trinajstić information content (AvgIpc) is 3.39. The zero-order valence-corrected chi connectivity index (χ0v) is 17.0. The minimum absolute atomic E-state index is 0.461. The molecule has 0 aliphatic heterocycles. The molecule has 8 nitrogen and oxygen atoms in total. The smallest absolute Gasteiger partial charge is 0.237 e. The minimum atomic E-state index is 0.461. The Bertz CT molecular complexity index is 1110. The predicted octanol–water partition coefficient (Wildman–Crippen LogP) is 3.84. The molecule has 29 heavy (non-hydrogen) atoms. The van der Waals surface area contributed by atoms with Crippen LogP contribution >= 0.6 is 11.8 Å². The van der Waals surface area contributed by atoms with Crippen molar-refractivity contribution in [2.75, 3.05) is 14.2 Å². The first-order valence-electron chi connectivity index (χ1n) is 8.82. The fourth-order valence-electron chi connectivity index (χ4n) is 2.81. The third-order valence-electron chi connectivity index (χ3n) is 4.31. The second-order valence-electron chi connectivity index (χ2n) is 6.10. The second-order valence-corrected chi connectivity index (χ2v) is 7.04. The van der Waals surface area contributed by atoms with Crippen molar-refractivity contribution in [3.63, 3.8) is 0 Å². The van der Waals surface area contributed by atoms with E-state index in [9.17, 15) is 0 Å². The molecular formula is C20H19N5O3S. The maximum atomic E-state index is 5.41. The molecule has 0 saturated heterocycles. The summed E-state index contributed by atoms with van der Waals surface area (Å²) in [5.41, 5.74) is 1.75. The molecule has 0 amide bonds. The van der Waals surface area contributed by atoms with E-state index in [2.05, 4.69) is 20.3 Å². The van der Waals surface area contributed by atoms with E-state index in [0.29, 0.717) is 29.0 Å². The van der Waals surface area contributed by atoms with Crippen LogP contribution in [0.3, 0.4) is 0 Å². The minimum Gasteiger partial charge on any atom is -0.497 e. The average molecular weight is 409 g/mol. The van der Waals surface area contributed by atoms with E-state index in [0.717, 1.165) is 22.1 Å². The van der Waals surface area contributed by atoms with Gasteiger partial charge in [0.1, 0.15) is 11.5 Å². The standard InChI is InChI=1S/C20H19N5O3S/c1-25-19(13-7-5-4-6-8-13)22-23-20(25)29-12-17-21-18(24-28-17)15-10-9-14(26-2)11-16(15)27-3/h4-11H,12H2,1-3H3. The molecule has 2 aromatic carbocycles. The van der Waals surface area contributed by atoms with Crippen LogP contribution in [0.5, 0.6) is 11.5 Å². The predicted molar refractivity (Wildman–Crippen MR) is 109 cm³/mol. The molecule has 4 aromatic rings. The fourth-order valence-corrected chi connectivity index (χ4v) is 3.56. The summed E-state index contributed by atoms with van der Waals surface area (Å²) in [5, 5.41) is 13.4. The first-order valence-corrected chi connectivity index (χ1v) is 9.80. The molecule has 0 spiro atoms. The zero-order valence-electron chi connectivity index (χ0n) is 16.2. The van der Waals surface area contributed by atoms with Gasteiger partial charge in [0.25, 0.3) is 0 Å². The van der Waals surface area contributed by atoms with E-state index < -0.39 is 0 Å². The Morgan fingerprint density at radius 3 is 2.62 bits per heavy atom. The van der Waals surface area contributed by atoms with Gasteiger partial charge in [0.05, 0.1) is 25.5 Å². The second kappa shape index (κ2) is 8.36. The van der Waals surface area contributed by atoms with Crippen LogP contribution in [0.15, 0.2) is 58.2 Å². The van der Waals surface area contributed by atoms with Crippen LogP contribution in [0.1, 0.15) is 5.89 Å². The summed E-state index contributed by atoms with van der Waals surface area (Å²) in [5.74, 6) is 3.55. The Hall–Kier alpha value is -3.33. The van der Waals surface area contributed by atoms with Crippen LogP contribution in [0, 0.1) is 0 Å². The SMILES string of the molecule is COc1ccc(-c2noc(CSc3nnc(-c4ccccc4)n3C)n2)c(OC)c1. The highest BCUT2D eigenvalue weighted by Crippen LogP contribution is 2.32. The molecule has 4 rings (SSSR count). The quantitative estimate of drug-likeness (QED) is 0.426. The Morgan fingerprint density at radius 1 is 1.03 bits per heavy atom. The molecule has 148 valence electrons. The van der Waals surface area contributed by atoms with E-state index in [4.69, 9.17) is 14.0 Å². The maximum absolute atomic E-state index is 5.41. The van der Waals surface area contributed by atoms with Gasteiger partial charge in [-0.05, 0) is 12.1 Å². The number of methoxy groups -OCH3 is 2.